The smallest absolute Gasteiger partial charge is 0.138 e. The van der Waals surface area contributed by atoms with Crippen LogP contribution in [0.2, 0.25) is 0 Å². The van der Waals surface area contributed by atoms with Gasteiger partial charge in [0.2, 0.25) is 0 Å². The number of nitrogens with zero attached hydrogens (tertiary/aromatic N) is 3. The minimum absolute atomic E-state index is 0.0639. The monoisotopic (exact) mass is 502 g/mol. The van der Waals surface area contributed by atoms with Crippen LogP contribution in [0.3, 0.4) is 0 Å². The van der Waals surface area contributed by atoms with Gasteiger partial charge in [-0.1, -0.05) is 45.5 Å². The summed E-state index contributed by atoms with van der Waals surface area (Å²) in [5.74, 6) is -0.261. The van der Waals surface area contributed by atoms with Crippen molar-refractivity contribution in [1.29, 1.82) is 0 Å². The number of nitrogens with one attached hydrogen (secondary N) is 3. The Morgan fingerprint density at radius 3 is 2.47 bits per heavy atom. The van der Waals surface area contributed by atoms with E-state index in [0.717, 1.165) is 67.0 Å². The Kier molecular flexibility index (Phi) is 5.56. The van der Waals surface area contributed by atoms with E-state index in [9.17, 15) is 4.39 Å². The lowest BCUT2D eigenvalue weighted by Crippen LogP contribution is -2.15. The van der Waals surface area contributed by atoms with Crippen molar-refractivity contribution in [3.8, 4) is 33.6 Å². The number of rotatable bonds is 5. The Balaban J connectivity index is 1.39. The topological polar surface area (TPSA) is 82.3 Å². The third-order valence-corrected chi connectivity index (χ3v) is 6.78. The number of hydrogen-bond donors (Lipinski definition) is 3. The highest BCUT2D eigenvalue weighted by molar-refractivity contribution is 6.00. The van der Waals surface area contributed by atoms with Gasteiger partial charge >= 0.3 is 0 Å². The van der Waals surface area contributed by atoms with Gasteiger partial charge in [-0.15, -0.1) is 0 Å². The van der Waals surface area contributed by atoms with Crippen molar-refractivity contribution >= 4 is 27.6 Å². The summed E-state index contributed by atoms with van der Waals surface area (Å²) in [4.78, 5) is 12.4. The first kappa shape index (κ1) is 23.6. The second-order valence-electron chi connectivity index (χ2n) is 10.5. The Morgan fingerprint density at radius 2 is 1.68 bits per heavy atom. The normalized spacial score (nSPS) is 11.8. The molecule has 0 amide bonds. The molecule has 0 fully saturated rings. The van der Waals surface area contributed by atoms with Crippen LogP contribution in [-0.2, 0) is 0 Å². The van der Waals surface area contributed by atoms with Gasteiger partial charge in [0.05, 0.1) is 23.1 Å². The fraction of sp³-hybridized carbons (Fsp3) is 0.129. The van der Waals surface area contributed by atoms with Crippen LogP contribution < -0.4 is 5.32 Å². The largest absolute Gasteiger partial charge is 0.358 e. The molecule has 6 aromatic rings. The number of aromatic nitrogens is 5. The van der Waals surface area contributed by atoms with Gasteiger partial charge < -0.3 is 10.3 Å². The molecular formula is C31H27FN6. The van der Waals surface area contributed by atoms with Gasteiger partial charge in [-0.25, -0.2) is 9.37 Å². The molecular weight excluding hydrogens is 475 g/mol. The van der Waals surface area contributed by atoms with E-state index in [0.29, 0.717) is 0 Å². The van der Waals surface area contributed by atoms with Crippen LogP contribution in [0.1, 0.15) is 20.8 Å². The standard InChI is InChI=1S/C31H27FN6/c1-18(31(2,3)4)35-23-13-21(16-33-17-23)20-7-10-27-26(14-20)29(38-37-27)28-15-25-24(11-12-34-30(25)36-28)19-5-8-22(32)9-6-19/h5-17,35H,1H2,2-4H3,(H,34,36)(H,37,38). The third-order valence-electron chi connectivity index (χ3n) is 6.78. The van der Waals surface area contributed by atoms with E-state index in [-0.39, 0.29) is 11.2 Å². The van der Waals surface area contributed by atoms with Crippen molar-refractivity contribution in [3.63, 3.8) is 0 Å². The van der Waals surface area contributed by atoms with Crippen LogP contribution in [0.4, 0.5) is 10.1 Å². The molecule has 0 unspecified atom stereocenters. The molecule has 0 aliphatic carbocycles. The van der Waals surface area contributed by atoms with Crippen molar-refractivity contribution < 1.29 is 4.39 Å². The van der Waals surface area contributed by atoms with E-state index < -0.39 is 0 Å². The van der Waals surface area contributed by atoms with Crippen LogP contribution in [0.15, 0.2) is 91.5 Å². The maximum atomic E-state index is 13.5. The first-order valence-electron chi connectivity index (χ1n) is 12.4. The molecule has 0 atom stereocenters. The molecule has 6 nitrogen and oxygen atoms in total. The van der Waals surface area contributed by atoms with Gasteiger partial charge in [-0.3, -0.25) is 10.1 Å². The predicted molar refractivity (Wildman–Crippen MR) is 152 cm³/mol. The lowest BCUT2D eigenvalue weighted by molar-refractivity contribution is 0.509. The molecule has 0 saturated carbocycles. The van der Waals surface area contributed by atoms with E-state index in [1.165, 1.54) is 12.1 Å². The average Bonchev–Trinajstić information content (AvgIpc) is 3.52. The van der Waals surface area contributed by atoms with Crippen LogP contribution in [0.5, 0.6) is 0 Å². The molecule has 0 aliphatic heterocycles. The molecule has 7 heteroatoms. The van der Waals surface area contributed by atoms with Gasteiger partial charge in [0.1, 0.15) is 17.2 Å². The molecule has 4 aromatic heterocycles. The van der Waals surface area contributed by atoms with E-state index >= 15 is 0 Å². The summed E-state index contributed by atoms with van der Waals surface area (Å²) in [6, 6.07) is 18.8. The lowest BCUT2D eigenvalue weighted by Gasteiger charge is -2.23. The quantitative estimate of drug-likeness (QED) is 0.223. The van der Waals surface area contributed by atoms with Crippen molar-refractivity contribution in [2.45, 2.75) is 20.8 Å². The van der Waals surface area contributed by atoms with E-state index in [4.69, 9.17) is 0 Å². The van der Waals surface area contributed by atoms with Gasteiger partial charge in [0.25, 0.3) is 0 Å². The zero-order valence-electron chi connectivity index (χ0n) is 21.4. The van der Waals surface area contributed by atoms with Gasteiger partial charge in [-0.2, -0.15) is 5.10 Å². The minimum atomic E-state index is -0.261. The number of hydrogen-bond acceptors (Lipinski definition) is 4. The number of aromatic amines is 2. The zero-order chi connectivity index (χ0) is 26.4. The number of benzene rings is 2. The molecule has 38 heavy (non-hydrogen) atoms. The van der Waals surface area contributed by atoms with Crippen LogP contribution in [0, 0.1) is 11.2 Å². The summed E-state index contributed by atoms with van der Waals surface area (Å²) in [5, 5.41) is 13.1. The Morgan fingerprint density at radius 1 is 0.895 bits per heavy atom. The Hall–Kier alpha value is -4.78. The number of fused-ring (bicyclic) bond motifs is 2. The predicted octanol–water partition coefficient (Wildman–Crippen LogP) is 7.95. The fourth-order valence-electron chi connectivity index (χ4n) is 4.46. The second-order valence-corrected chi connectivity index (χ2v) is 10.5. The minimum Gasteiger partial charge on any atom is -0.358 e. The first-order chi connectivity index (χ1) is 18.3. The van der Waals surface area contributed by atoms with Gasteiger partial charge in [0, 0.05) is 39.8 Å². The van der Waals surface area contributed by atoms with E-state index in [1.54, 1.807) is 24.5 Å². The molecule has 0 radical (unpaired) electrons. The molecule has 188 valence electrons. The fourth-order valence-corrected chi connectivity index (χ4v) is 4.46. The number of H-pyrrole nitrogens is 2. The van der Waals surface area contributed by atoms with Crippen molar-refractivity contribution in [2.24, 2.45) is 5.41 Å². The van der Waals surface area contributed by atoms with Crippen molar-refractivity contribution in [3.05, 3.63) is 97.3 Å². The molecule has 0 spiro atoms. The average molecular weight is 503 g/mol. The third kappa shape index (κ3) is 4.32. The Labute approximate surface area is 219 Å². The SMILES string of the molecule is C=C(Nc1cncc(-c2ccc3[nH]nc(-c4cc5c(-c6ccc(F)cc6)ccnc5[nH]4)c3c2)c1)C(C)(C)C. The molecule has 0 aliphatic rings. The van der Waals surface area contributed by atoms with E-state index in [1.807, 2.05) is 24.4 Å². The van der Waals surface area contributed by atoms with Gasteiger partial charge in [-0.05, 0) is 59.2 Å². The zero-order valence-corrected chi connectivity index (χ0v) is 21.4. The number of halogens is 1. The van der Waals surface area contributed by atoms with Crippen LogP contribution >= 0.6 is 0 Å². The maximum Gasteiger partial charge on any atom is 0.138 e. The number of pyridine rings is 2. The number of anilines is 1. The maximum absolute atomic E-state index is 13.5. The summed E-state index contributed by atoms with van der Waals surface area (Å²) < 4.78 is 13.5. The summed E-state index contributed by atoms with van der Waals surface area (Å²) in [5.41, 5.74) is 9.00. The summed E-state index contributed by atoms with van der Waals surface area (Å²) in [6.07, 6.45) is 5.41. The highest BCUT2D eigenvalue weighted by Crippen LogP contribution is 2.35. The lowest BCUT2D eigenvalue weighted by atomic mass is 9.93. The van der Waals surface area contributed by atoms with Crippen molar-refractivity contribution in [2.75, 3.05) is 5.32 Å². The van der Waals surface area contributed by atoms with E-state index in [2.05, 4.69) is 76.0 Å². The molecule has 0 bridgehead atoms. The highest BCUT2D eigenvalue weighted by atomic mass is 19.1. The first-order valence-corrected chi connectivity index (χ1v) is 12.4. The van der Waals surface area contributed by atoms with Crippen LogP contribution in [-0.4, -0.2) is 25.1 Å². The molecule has 3 N–H and O–H groups in total. The molecule has 6 rings (SSSR count). The summed E-state index contributed by atoms with van der Waals surface area (Å²) >= 11 is 0. The molecule has 2 aromatic carbocycles. The number of allylic oxidation sites excluding steroid dienone is 1. The van der Waals surface area contributed by atoms with Gasteiger partial charge in [0.15, 0.2) is 0 Å². The highest BCUT2D eigenvalue weighted by Gasteiger charge is 2.17. The summed E-state index contributed by atoms with van der Waals surface area (Å²) in [6.45, 7) is 10.5. The van der Waals surface area contributed by atoms with Crippen molar-refractivity contribution in [1.82, 2.24) is 25.1 Å². The Bertz CT molecular complexity index is 1800. The van der Waals surface area contributed by atoms with Crippen LogP contribution in [0.25, 0.3) is 55.6 Å². The molecule has 4 heterocycles. The second kappa shape index (κ2) is 8.95. The summed E-state index contributed by atoms with van der Waals surface area (Å²) in [7, 11) is 0. The molecule has 0 saturated heterocycles.